The highest BCUT2D eigenvalue weighted by Gasteiger charge is 2.15. The van der Waals surface area contributed by atoms with Crippen molar-refractivity contribution in [2.24, 2.45) is 11.8 Å². The number of alkyl halides is 1. The lowest BCUT2D eigenvalue weighted by molar-refractivity contribution is 0.280. The molecule has 2 unspecified atom stereocenters. The van der Waals surface area contributed by atoms with Crippen LogP contribution in [-0.2, 0) is 0 Å². The zero-order chi connectivity index (χ0) is 23.9. The summed E-state index contributed by atoms with van der Waals surface area (Å²) in [4.78, 5) is 0. The van der Waals surface area contributed by atoms with E-state index in [4.69, 9.17) is 21.1 Å². The van der Waals surface area contributed by atoms with Crippen LogP contribution >= 0.6 is 11.6 Å². The van der Waals surface area contributed by atoms with Crippen LogP contribution in [0.2, 0.25) is 0 Å². The number of ether oxygens (including phenoxy) is 2. The molecule has 3 heteroatoms. The van der Waals surface area contributed by atoms with Crippen molar-refractivity contribution in [1.29, 1.82) is 0 Å². The van der Waals surface area contributed by atoms with Crippen molar-refractivity contribution in [2.75, 3.05) is 13.2 Å². The zero-order valence-corrected chi connectivity index (χ0v) is 22.1. The van der Waals surface area contributed by atoms with E-state index in [0.717, 1.165) is 36.9 Å². The molecular weight excluding hydrogens is 428 g/mol. The Hall–Kier alpha value is -1.67. The molecule has 2 aromatic rings. The highest BCUT2D eigenvalue weighted by molar-refractivity contribution is 6.20. The maximum absolute atomic E-state index is 6.58. The van der Waals surface area contributed by atoms with Gasteiger partial charge < -0.3 is 9.47 Å². The first-order valence-corrected chi connectivity index (χ1v) is 13.5. The normalized spacial score (nSPS) is 13.2. The highest BCUT2D eigenvalue weighted by atomic mass is 35.5. The minimum Gasteiger partial charge on any atom is -0.494 e. The van der Waals surface area contributed by atoms with Crippen molar-refractivity contribution in [3.8, 4) is 22.6 Å². The molecule has 0 amide bonds. The number of hydrogen-bond donors (Lipinski definition) is 0. The standard InChI is InChI=1S/C30H45ClO2/c1-5-6-7-8-9-10-22-32-28-18-14-26(15-19-28)27-16-20-29(21-17-27)33-23-30(31)25(4)13-11-12-24(2)3/h14-21,24-25,30H,5-13,22-23H2,1-4H3. The van der Waals surface area contributed by atoms with Gasteiger partial charge in [-0.3, -0.25) is 0 Å². The zero-order valence-electron chi connectivity index (χ0n) is 21.3. The average Bonchev–Trinajstić information content (AvgIpc) is 2.82. The Labute approximate surface area is 208 Å². The van der Waals surface area contributed by atoms with E-state index in [2.05, 4.69) is 64.1 Å². The number of halogens is 1. The van der Waals surface area contributed by atoms with E-state index in [1.807, 2.05) is 12.1 Å². The van der Waals surface area contributed by atoms with E-state index in [9.17, 15) is 0 Å². The summed E-state index contributed by atoms with van der Waals surface area (Å²) in [6.07, 6.45) is 11.4. The maximum Gasteiger partial charge on any atom is 0.119 e. The maximum atomic E-state index is 6.58. The molecule has 2 nitrogen and oxygen atoms in total. The largest absolute Gasteiger partial charge is 0.494 e. The SMILES string of the molecule is CCCCCCCCOc1ccc(-c2ccc(OCC(Cl)C(C)CCCC(C)C)cc2)cc1. The summed E-state index contributed by atoms with van der Waals surface area (Å²) in [6, 6.07) is 16.7. The molecule has 0 bridgehead atoms. The van der Waals surface area contributed by atoms with Gasteiger partial charge in [-0.15, -0.1) is 11.6 Å². The van der Waals surface area contributed by atoms with Crippen LogP contribution in [0.25, 0.3) is 11.1 Å². The molecule has 0 aromatic heterocycles. The van der Waals surface area contributed by atoms with E-state index >= 15 is 0 Å². The third-order valence-corrected chi connectivity index (χ3v) is 6.83. The summed E-state index contributed by atoms with van der Waals surface area (Å²) in [5.41, 5.74) is 2.36. The Bertz CT molecular complexity index is 739. The van der Waals surface area contributed by atoms with Gasteiger partial charge in [0.1, 0.15) is 18.1 Å². The van der Waals surface area contributed by atoms with Crippen molar-refractivity contribution in [2.45, 2.75) is 90.9 Å². The fourth-order valence-corrected chi connectivity index (χ4v) is 4.12. The molecule has 0 radical (unpaired) electrons. The quantitative estimate of drug-likeness (QED) is 0.168. The molecule has 0 aliphatic rings. The molecule has 33 heavy (non-hydrogen) atoms. The van der Waals surface area contributed by atoms with Gasteiger partial charge in [-0.1, -0.05) is 96.9 Å². The number of rotatable bonds is 17. The summed E-state index contributed by atoms with van der Waals surface area (Å²) in [5.74, 6) is 3.04. The van der Waals surface area contributed by atoms with Gasteiger partial charge in [0.15, 0.2) is 0 Å². The van der Waals surface area contributed by atoms with Gasteiger partial charge in [0, 0.05) is 0 Å². The topological polar surface area (TPSA) is 18.5 Å². The van der Waals surface area contributed by atoms with Crippen molar-refractivity contribution in [1.82, 2.24) is 0 Å². The predicted molar refractivity (Wildman–Crippen MR) is 144 cm³/mol. The van der Waals surface area contributed by atoms with E-state index < -0.39 is 0 Å². The van der Waals surface area contributed by atoms with Gasteiger partial charge in [-0.05, 0) is 60.1 Å². The highest BCUT2D eigenvalue weighted by Crippen LogP contribution is 2.26. The molecular formula is C30H45ClO2. The van der Waals surface area contributed by atoms with E-state index in [1.54, 1.807) is 0 Å². The molecule has 2 aromatic carbocycles. The third-order valence-electron chi connectivity index (χ3n) is 6.28. The molecule has 0 fully saturated rings. The van der Waals surface area contributed by atoms with E-state index in [1.165, 1.54) is 56.1 Å². The molecule has 0 aliphatic heterocycles. The second-order valence-electron chi connectivity index (χ2n) is 9.79. The summed E-state index contributed by atoms with van der Waals surface area (Å²) in [5, 5.41) is 0.0423. The van der Waals surface area contributed by atoms with Crippen LogP contribution in [0.3, 0.4) is 0 Å². The van der Waals surface area contributed by atoms with Crippen LogP contribution in [0.5, 0.6) is 11.5 Å². The Morgan fingerprint density at radius 2 is 1.21 bits per heavy atom. The number of unbranched alkanes of at least 4 members (excludes halogenated alkanes) is 5. The molecule has 184 valence electrons. The Balaban J connectivity index is 1.72. The second-order valence-corrected chi connectivity index (χ2v) is 10.4. The molecule has 2 atom stereocenters. The van der Waals surface area contributed by atoms with Gasteiger partial charge >= 0.3 is 0 Å². The van der Waals surface area contributed by atoms with Crippen LogP contribution in [0.15, 0.2) is 48.5 Å². The van der Waals surface area contributed by atoms with Gasteiger partial charge in [-0.25, -0.2) is 0 Å². The average molecular weight is 473 g/mol. The molecule has 0 spiro atoms. The molecule has 0 N–H and O–H groups in total. The lowest BCUT2D eigenvalue weighted by Crippen LogP contribution is -2.20. The van der Waals surface area contributed by atoms with Crippen LogP contribution in [-0.4, -0.2) is 18.6 Å². The van der Waals surface area contributed by atoms with Crippen molar-refractivity contribution in [3.63, 3.8) is 0 Å². The summed E-state index contributed by atoms with van der Waals surface area (Å²) in [7, 11) is 0. The fraction of sp³-hybridized carbons (Fsp3) is 0.600. The molecule has 0 aliphatic carbocycles. The fourth-order valence-electron chi connectivity index (χ4n) is 3.93. The molecule has 0 saturated carbocycles. The monoisotopic (exact) mass is 472 g/mol. The number of benzene rings is 2. The van der Waals surface area contributed by atoms with E-state index in [0.29, 0.717) is 12.5 Å². The lowest BCUT2D eigenvalue weighted by atomic mass is 9.97. The van der Waals surface area contributed by atoms with Crippen molar-refractivity contribution >= 4 is 11.6 Å². The first-order valence-electron chi connectivity index (χ1n) is 13.1. The summed E-state index contributed by atoms with van der Waals surface area (Å²) in [6.45, 7) is 10.4. The third kappa shape index (κ3) is 11.3. The van der Waals surface area contributed by atoms with Crippen LogP contribution in [0.1, 0.15) is 85.5 Å². The van der Waals surface area contributed by atoms with Crippen molar-refractivity contribution in [3.05, 3.63) is 48.5 Å². The van der Waals surface area contributed by atoms with E-state index in [-0.39, 0.29) is 5.38 Å². The summed E-state index contributed by atoms with van der Waals surface area (Å²) < 4.78 is 11.9. The van der Waals surface area contributed by atoms with Gasteiger partial charge in [0.2, 0.25) is 0 Å². The number of hydrogen-bond acceptors (Lipinski definition) is 2. The lowest BCUT2D eigenvalue weighted by Gasteiger charge is -2.19. The molecule has 2 rings (SSSR count). The predicted octanol–water partition coefficient (Wildman–Crippen LogP) is 9.54. The van der Waals surface area contributed by atoms with Crippen LogP contribution in [0.4, 0.5) is 0 Å². The Morgan fingerprint density at radius 1 is 0.667 bits per heavy atom. The minimum absolute atomic E-state index is 0.0423. The molecule has 0 saturated heterocycles. The van der Waals surface area contributed by atoms with Gasteiger partial charge in [-0.2, -0.15) is 0 Å². The summed E-state index contributed by atoms with van der Waals surface area (Å²) >= 11 is 6.58. The molecule has 0 heterocycles. The van der Waals surface area contributed by atoms with Crippen LogP contribution in [0, 0.1) is 11.8 Å². The minimum atomic E-state index is 0.0423. The second kappa shape index (κ2) is 16.0. The van der Waals surface area contributed by atoms with Crippen LogP contribution < -0.4 is 9.47 Å². The Morgan fingerprint density at radius 3 is 1.79 bits per heavy atom. The smallest absolute Gasteiger partial charge is 0.119 e. The Kier molecular flexibility index (Phi) is 13.4. The van der Waals surface area contributed by atoms with Crippen molar-refractivity contribution < 1.29 is 9.47 Å². The first kappa shape index (κ1) is 27.6. The first-order chi connectivity index (χ1) is 16.0. The van der Waals surface area contributed by atoms with Gasteiger partial charge in [0.05, 0.1) is 12.0 Å². The van der Waals surface area contributed by atoms with Gasteiger partial charge in [0.25, 0.3) is 0 Å².